The van der Waals surface area contributed by atoms with Gasteiger partial charge in [-0.3, -0.25) is 0 Å². The zero-order valence-electron chi connectivity index (χ0n) is 21.6. The third kappa shape index (κ3) is 6.70. The number of carbonyl (C=O) groups excluding carboxylic acids is 1. The lowest BCUT2D eigenvalue weighted by atomic mass is 9.89. The molecule has 0 fully saturated rings. The molecule has 0 aliphatic heterocycles. The highest BCUT2D eigenvalue weighted by Gasteiger charge is 2.16. The molecular weight excluding hydrogens is 432 g/mol. The molecule has 3 rings (SSSR count). The molecule has 0 heterocycles. The number of hydrogen-bond acceptors (Lipinski definition) is 3. The second-order valence-corrected chi connectivity index (χ2v) is 9.33. The summed E-state index contributed by atoms with van der Waals surface area (Å²) in [7, 11) is 0. The number of hydrogen-bond donors (Lipinski definition) is 1. The smallest absolute Gasteiger partial charge is 0.333 e. The molecule has 0 bridgehead atoms. The number of aliphatic hydroxyl groups is 1. The minimum Gasteiger partial charge on any atom is -0.462 e. The predicted molar refractivity (Wildman–Crippen MR) is 146 cm³/mol. The number of benzene rings is 3. The highest BCUT2D eigenvalue weighted by atomic mass is 16.5. The Kier molecular flexibility index (Phi) is 9.45. The highest BCUT2D eigenvalue weighted by Crippen LogP contribution is 2.33. The van der Waals surface area contributed by atoms with E-state index in [1.807, 2.05) is 0 Å². The minimum absolute atomic E-state index is 0.0385. The molecular formula is C32H38O3. The average molecular weight is 471 g/mol. The molecule has 0 saturated carbocycles. The van der Waals surface area contributed by atoms with Crippen molar-refractivity contribution >= 4 is 5.97 Å². The van der Waals surface area contributed by atoms with Crippen molar-refractivity contribution in [3.8, 4) is 22.3 Å². The summed E-state index contributed by atoms with van der Waals surface area (Å²) in [6.07, 6.45) is 3.77. The van der Waals surface area contributed by atoms with Crippen molar-refractivity contribution in [2.75, 3.05) is 13.2 Å². The number of rotatable bonds is 11. The van der Waals surface area contributed by atoms with Crippen LogP contribution in [0.4, 0.5) is 0 Å². The minimum atomic E-state index is -0.395. The first-order chi connectivity index (χ1) is 16.9. The van der Waals surface area contributed by atoms with Crippen molar-refractivity contribution in [1.82, 2.24) is 0 Å². The van der Waals surface area contributed by atoms with E-state index in [9.17, 15) is 9.90 Å². The Hall–Kier alpha value is -3.17. The Morgan fingerprint density at radius 3 is 2.26 bits per heavy atom. The zero-order valence-corrected chi connectivity index (χ0v) is 21.6. The normalized spacial score (nSPS) is 11.8. The van der Waals surface area contributed by atoms with Gasteiger partial charge in [0.1, 0.15) is 0 Å². The lowest BCUT2D eigenvalue weighted by Gasteiger charge is -2.19. The van der Waals surface area contributed by atoms with Gasteiger partial charge in [0.25, 0.3) is 0 Å². The molecule has 1 unspecified atom stereocenters. The fourth-order valence-corrected chi connectivity index (χ4v) is 4.54. The van der Waals surface area contributed by atoms with Crippen LogP contribution in [0.5, 0.6) is 0 Å². The first kappa shape index (κ1) is 26.4. The molecule has 0 aliphatic rings. The fraction of sp³-hybridized carbons (Fsp3) is 0.344. The molecule has 0 aliphatic carbocycles. The average Bonchev–Trinajstić information content (AvgIpc) is 2.86. The van der Waals surface area contributed by atoms with Crippen LogP contribution in [0, 0.1) is 6.92 Å². The van der Waals surface area contributed by atoms with Crippen molar-refractivity contribution in [1.29, 1.82) is 0 Å². The molecule has 0 radical (unpaired) electrons. The van der Waals surface area contributed by atoms with Crippen molar-refractivity contribution in [2.24, 2.45) is 0 Å². The maximum absolute atomic E-state index is 11.8. The van der Waals surface area contributed by atoms with Gasteiger partial charge >= 0.3 is 5.97 Å². The van der Waals surface area contributed by atoms with Crippen LogP contribution >= 0.6 is 0 Å². The number of aliphatic hydroxyl groups excluding tert-OH is 1. The second kappa shape index (κ2) is 12.5. The summed E-state index contributed by atoms with van der Waals surface area (Å²) in [5.74, 6) is -0.450. The summed E-state index contributed by atoms with van der Waals surface area (Å²) in [6, 6.07) is 22.1. The summed E-state index contributed by atoms with van der Waals surface area (Å²) in [5, 5.41) is 9.54. The van der Waals surface area contributed by atoms with Crippen molar-refractivity contribution in [3.05, 3.63) is 95.1 Å². The Labute approximate surface area is 210 Å². The highest BCUT2D eigenvalue weighted by molar-refractivity contribution is 5.87. The lowest BCUT2D eigenvalue weighted by molar-refractivity contribution is -0.139. The fourth-order valence-electron chi connectivity index (χ4n) is 4.54. The van der Waals surface area contributed by atoms with Crippen LogP contribution in [0.1, 0.15) is 61.8 Å². The van der Waals surface area contributed by atoms with E-state index in [4.69, 9.17) is 4.74 Å². The van der Waals surface area contributed by atoms with Gasteiger partial charge in [-0.05, 0) is 77.6 Å². The Morgan fingerprint density at radius 2 is 1.66 bits per heavy atom. The van der Waals surface area contributed by atoms with E-state index >= 15 is 0 Å². The summed E-state index contributed by atoms with van der Waals surface area (Å²) in [5.41, 5.74) is 10.3. The first-order valence-electron chi connectivity index (χ1n) is 12.6. The summed E-state index contributed by atoms with van der Waals surface area (Å²) < 4.78 is 5.38. The van der Waals surface area contributed by atoms with Gasteiger partial charge in [-0.2, -0.15) is 0 Å². The van der Waals surface area contributed by atoms with Gasteiger partial charge in [-0.15, -0.1) is 0 Å². The van der Waals surface area contributed by atoms with E-state index < -0.39 is 5.97 Å². The number of esters is 1. The van der Waals surface area contributed by atoms with Crippen LogP contribution < -0.4 is 0 Å². The van der Waals surface area contributed by atoms with E-state index in [1.165, 1.54) is 33.4 Å². The molecule has 1 atom stereocenters. The van der Waals surface area contributed by atoms with E-state index in [1.54, 1.807) is 6.92 Å². The molecule has 3 aromatic rings. The summed E-state index contributed by atoms with van der Waals surface area (Å²) in [6.45, 7) is 12.1. The third-order valence-electron chi connectivity index (χ3n) is 6.56. The molecule has 1 N–H and O–H groups in total. The Morgan fingerprint density at radius 1 is 0.971 bits per heavy atom. The van der Waals surface area contributed by atoms with Gasteiger partial charge < -0.3 is 9.84 Å². The molecule has 0 saturated heterocycles. The molecule has 35 heavy (non-hydrogen) atoms. The van der Waals surface area contributed by atoms with Crippen LogP contribution in [0.25, 0.3) is 22.3 Å². The molecule has 0 aromatic heterocycles. The van der Waals surface area contributed by atoms with E-state index in [-0.39, 0.29) is 19.1 Å². The summed E-state index contributed by atoms with van der Waals surface area (Å²) in [4.78, 5) is 11.8. The first-order valence-corrected chi connectivity index (χ1v) is 12.6. The topological polar surface area (TPSA) is 46.5 Å². The zero-order chi connectivity index (χ0) is 25.4. The van der Waals surface area contributed by atoms with Crippen molar-refractivity contribution in [2.45, 2.75) is 59.3 Å². The lowest BCUT2D eigenvalue weighted by Crippen LogP contribution is -2.14. The van der Waals surface area contributed by atoms with Crippen molar-refractivity contribution in [3.63, 3.8) is 0 Å². The second-order valence-electron chi connectivity index (χ2n) is 9.33. The molecule has 0 spiro atoms. The van der Waals surface area contributed by atoms with E-state index in [2.05, 4.69) is 88.0 Å². The van der Waals surface area contributed by atoms with Crippen LogP contribution in [0.2, 0.25) is 0 Å². The van der Waals surface area contributed by atoms with E-state index in [0.29, 0.717) is 12.0 Å². The third-order valence-corrected chi connectivity index (χ3v) is 6.56. The largest absolute Gasteiger partial charge is 0.462 e. The van der Waals surface area contributed by atoms with Gasteiger partial charge in [0, 0.05) is 18.1 Å². The summed E-state index contributed by atoms with van der Waals surface area (Å²) >= 11 is 0. The maximum atomic E-state index is 11.8. The van der Waals surface area contributed by atoms with Crippen molar-refractivity contribution < 1.29 is 14.6 Å². The SMILES string of the molecule is C=C(C)C(=O)OCC(CCO)c1ccc(-c2ccc(-c3ccc(CCC)cc3)c(CC)c2)c(C)c1. The van der Waals surface area contributed by atoms with Crippen LogP contribution in [0.15, 0.2) is 72.8 Å². The number of ether oxygens (including phenoxy) is 1. The number of aryl methyl sites for hydroxylation is 3. The van der Waals surface area contributed by atoms with Gasteiger partial charge in [0.05, 0.1) is 6.61 Å². The predicted octanol–water partition coefficient (Wildman–Crippen LogP) is 7.43. The monoisotopic (exact) mass is 470 g/mol. The van der Waals surface area contributed by atoms with Crippen LogP contribution in [-0.4, -0.2) is 24.3 Å². The number of carbonyl (C=O) groups is 1. The molecule has 0 amide bonds. The quantitative estimate of drug-likeness (QED) is 0.234. The van der Waals surface area contributed by atoms with Gasteiger partial charge in [0.2, 0.25) is 0 Å². The van der Waals surface area contributed by atoms with Gasteiger partial charge in [-0.25, -0.2) is 4.79 Å². The molecule has 184 valence electrons. The molecule has 3 heteroatoms. The van der Waals surface area contributed by atoms with Crippen LogP contribution in [-0.2, 0) is 22.4 Å². The van der Waals surface area contributed by atoms with Gasteiger partial charge in [-0.1, -0.05) is 87.5 Å². The van der Waals surface area contributed by atoms with Crippen LogP contribution in [0.3, 0.4) is 0 Å². The Bertz CT molecular complexity index is 1160. The van der Waals surface area contributed by atoms with Gasteiger partial charge in [0.15, 0.2) is 0 Å². The Balaban J connectivity index is 1.86. The maximum Gasteiger partial charge on any atom is 0.333 e. The van der Waals surface area contributed by atoms with E-state index in [0.717, 1.165) is 30.4 Å². The standard InChI is InChI=1S/C32H38O3/c1-6-8-24-9-11-26(12-10-24)31-16-14-28(20-25(31)7-2)30-15-13-27(19-23(30)5)29(17-18-33)21-35-32(34)22(3)4/h9-16,19-20,29,33H,3,6-8,17-18,21H2,1-2,4-5H3. The molecule has 3 nitrogen and oxygen atoms in total. The molecule has 3 aromatic carbocycles.